The first kappa shape index (κ1) is 43.5. The van der Waals surface area contributed by atoms with E-state index < -0.39 is 10.8 Å². The number of rotatable bonds is 15. The van der Waals surface area contributed by atoms with Gasteiger partial charge in [0.05, 0.1) is 0 Å². The zero-order valence-electron chi connectivity index (χ0n) is 39.1. The molecule has 9 aromatic rings. The van der Waals surface area contributed by atoms with Crippen LogP contribution in [0.2, 0.25) is 0 Å². The maximum Gasteiger partial charge on any atom is 0.0484 e. The third-order valence-corrected chi connectivity index (χ3v) is 14.5. The fourth-order valence-corrected chi connectivity index (χ4v) is 11.8. The van der Waals surface area contributed by atoms with Crippen LogP contribution >= 0.6 is 0 Å². The maximum absolute atomic E-state index is 2.79. The van der Waals surface area contributed by atoms with Crippen LogP contribution in [0.25, 0.3) is 16.7 Å². The smallest absolute Gasteiger partial charge is 0.0484 e. The molecular weight excluding hydrogens is 829 g/mol. The Balaban J connectivity index is 1.37. The van der Waals surface area contributed by atoms with E-state index >= 15 is 0 Å². The van der Waals surface area contributed by atoms with E-state index in [1.165, 1.54) is 89.1 Å². The molecule has 2 atom stereocenters. The first-order chi connectivity index (χ1) is 34.2. The first-order valence-electron chi connectivity index (χ1n) is 24.6. The number of hydrogen-bond acceptors (Lipinski definition) is 0. The molecule has 0 aromatic heterocycles. The predicted octanol–water partition coefficient (Wildman–Crippen LogP) is 16.4. The monoisotopic (exact) mass is 884 g/mol. The SMILES string of the molecule is C1=C(Cc2ccccc2)C(Cc2ccccc2)=C(Cc2ccccc2)C1(Cc1ccccc1)C1=C(c2ccccc2)C(c2ccccc2)=C(c2ccccc2)C1(Cc1ccccc1)c1ccccc1. The summed E-state index contributed by atoms with van der Waals surface area (Å²) in [4.78, 5) is 0. The molecule has 0 spiro atoms. The van der Waals surface area contributed by atoms with Crippen molar-refractivity contribution in [3.63, 3.8) is 0 Å². The summed E-state index contributed by atoms with van der Waals surface area (Å²) in [5.41, 5.74) is 20.0. The van der Waals surface area contributed by atoms with Gasteiger partial charge in [-0.05, 0) is 121 Å². The molecule has 0 saturated heterocycles. The second kappa shape index (κ2) is 19.7. The Morgan fingerprint density at radius 3 is 1.13 bits per heavy atom. The highest BCUT2D eigenvalue weighted by atomic mass is 14.6. The highest BCUT2D eigenvalue weighted by Crippen LogP contribution is 2.68. The van der Waals surface area contributed by atoms with E-state index in [1.807, 2.05) is 0 Å². The summed E-state index contributed by atoms with van der Waals surface area (Å²) >= 11 is 0. The number of benzene rings is 9. The molecule has 2 aliphatic carbocycles. The summed E-state index contributed by atoms with van der Waals surface area (Å²) in [6, 6.07) is 102. The highest BCUT2D eigenvalue weighted by Gasteiger charge is 2.58. The molecule has 69 heavy (non-hydrogen) atoms. The van der Waals surface area contributed by atoms with E-state index in [2.05, 4.69) is 279 Å². The molecule has 0 bridgehead atoms. The first-order valence-corrected chi connectivity index (χ1v) is 24.6. The lowest BCUT2D eigenvalue weighted by molar-refractivity contribution is 0.458. The maximum atomic E-state index is 2.79. The number of allylic oxidation sites excluding steroid dienone is 8. The van der Waals surface area contributed by atoms with Crippen LogP contribution in [-0.2, 0) is 37.5 Å². The molecule has 0 N–H and O–H groups in total. The van der Waals surface area contributed by atoms with Crippen LogP contribution in [0, 0.1) is 5.41 Å². The summed E-state index contributed by atoms with van der Waals surface area (Å²) in [5.74, 6) is 0. The molecule has 9 aromatic carbocycles. The molecular formula is C69H56. The summed E-state index contributed by atoms with van der Waals surface area (Å²) < 4.78 is 0. The van der Waals surface area contributed by atoms with Crippen LogP contribution in [0.15, 0.2) is 301 Å². The van der Waals surface area contributed by atoms with Gasteiger partial charge in [-0.3, -0.25) is 0 Å². The average molecular weight is 885 g/mol. The van der Waals surface area contributed by atoms with E-state index in [0.717, 1.165) is 32.1 Å². The Hall–Kier alpha value is -8.06. The standard InChI is InChI=1S/C69H56/c1-10-28-52(29-11-1)46-60-51-68(49-55-34-16-4-17-35-55,63(48-54-32-14-3-15-33-54)62(60)47-53-30-12-2-13-31-53)67-65(58-40-22-7-23-41-58)64(57-38-20-6-21-39-57)66(59-42-24-8-25-43-59)69(67,61-44-26-9-27-45-61)50-56-36-18-5-19-37-56/h1-45,51H,46-50H2. The third kappa shape index (κ3) is 8.60. The van der Waals surface area contributed by atoms with Gasteiger partial charge < -0.3 is 0 Å². The lowest BCUT2D eigenvalue weighted by Crippen LogP contribution is -2.41. The summed E-state index contributed by atoms with van der Waals surface area (Å²) in [7, 11) is 0. The highest BCUT2D eigenvalue weighted by molar-refractivity contribution is 6.23. The molecule has 332 valence electrons. The lowest BCUT2D eigenvalue weighted by atomic mass is 9.55. The van der Waals surface area contributed by atoms with E-state index in [1.54, 1.807) is 0 Å². The van der Waals surface area contributed by atoms with Gasteiger partial charge in [-0.1, -0.05) is 279 Å². The Kier molecular flexibility index (Phi) is 12.4. The van der Waals surface area contributed by atoms with Crippen molar-refractivity contribution in [2.45, 2.75) is 37.5 Å². The molecule has 0 fully saturated rings. The summed E-state index contributed by atoms with van der Waals surface area (Å²) in [5, 5.41) is 0. The number of hydrogen-bond donors (Lipinski definition) is 0. The lowest BCUT2D eigenvalue weighted by Gasteiger charge is -2.47. The largest absolute Gasteiger partial charge is 0.0660 e. The fraction of sp³-hybridized carbons (Fsp3) is 0.101. The van der Waals surface area contributed by atoms with E-state index in [-0.39, 0.29) is 0 Å². The van der Waals surface area contributed by atoms with Crippen molar-refractivity contribution < 1.29 is 0 Å². The molecule has 0 saturated carbocycles. The van der Waals surface area contributed by atoms with Gasteiger partial charge in [-0.15, -0.1) is 0 Å². The summed E-state index contributed by atoms with van der Waals surface area (Å²) in [6.45, 7) is 0. The zero-order chi connectivity index (χ0) is 46.3. The Labute approximate surface area is 409 Å². The van der Waals surface area contributed by atoms with Gasteiger partial charge in [-0.2, -0.15) is 0 Å². The van der Waals surface area contributed by atoms with Gasteiger partial charge in [0.25, 0.3) is 0 Å². The van der Waals surface area contributed by atoms with Crippen molar-refractivity contribution in [3.05, 3.63) is 351 Å². The van der Waals surface area contributed by atoms with Crippen molar-refractivity contribution >= 4 is 16.7 Å². The Morgan fingerprint density at radius 2 is 0.652 bits per heavy atom. The summed E-state index contributed by atoms with van der Waals surface area (Å²) in [6.07, 6.45) is 6.79. The van der Waals surface area contributed by atoms with Gasteiger partial charge in [0, 0.05) is 10.8 Å². The van der Waals surface area contributed by atoms with E-state index in [4.69, 9.17) is 0 Å². The molecule has 0 amide bonds. The normalized spacial score (nSPS) is 17.9. The van der Waals surface area contributed by atoms with Gasteiger partial charge in [0.2, 0.25) is 0 Å². The van der Waals surface area contributed by atoms with Gasteiger partial charge in [0.15, 0.2) is 0 Å². The van der Waals surface area contributed by atoms with Crippen LogP contribution < -0.4 is 0 Å². The van der Waals surface area contributed by atoms with E-state index in [0.29, 0.717) is 0 Å². The van der Waals surface area contributed by atoms with E-state index in [9.17, 15) is 0 Å². The minimum absolute atomic E-state index is 0.627. The zero-order valence-corrected chi connectivity index (χ0v) is 39.1. The van der Waals surface area contributed by atoms with Crippen molar-refractivity contribution in [3.8, 4) is 0 Å². The molecule has 0 aliphatic heterocycles. The molecule has 0 radical (unpaired) electrons. The van der Waals surface area contributed by atoms with Gasteiger partial charge in [0.1, 0.15) is 0 Å². The van der Waals surface area contributed by atoms with Crippen molar-refractivity contribution in [1.29, 1.82) is 0 Å². The topological polar surface area (TPSA) is 0 Å². The van der Waals surface area contributed by atoms with Crippen LogP contribution in [-0.4, -0.2) is 0 Å². The average Bonchev–Trinajstić information content (AvgIpc) is 3.87. The molecule has 2 aliphatic rings. The Bertz CT molecular complexity index is 3260. The quantitative estimate of drug-likeness (QED) is 0.0962. The van der Waals surface area contributed by atoms with Crippen LogP contribution in [0.4, 0.5) is 0 Å². The minimum atomic E-state index is -0.673. The third-order valence-electron chi connectivity index (χ3n) is 14.5. The minimum Gasteiger partial charge on any atom is -0.0660 e. The van der Waals surface area contributed by atoms with Gasteiger partial charge >= 0.3 is 0 Å². The van der Waals surface area contributed by atoms with Crippen LogP contribution in [0.1, 0.15) is 50.1 Å². The second-order valence-corrected chi connectivity index (χ2v) is 18.8. The van der Waals surface area contributed by atoms with Crippen LogP contribution in [0.5, 0.6) is 0 Å². The van der Waals surface area contributed by atoms with Crippen molar-refractivity contribution in [2.75, 3.05) is 0 Å². The van der Waals surface area contributed by atoms with Crippen LogP contribution in [0.3, 0.4) is 0 Å². The molecule has 0 heteroatoms. The molecule has 0 nitrogen and oxygen atoms in total. The van der Waals surface area contributed by atoms with Crippen molar-refractivity contribution in [1.82, 2.24) is 0 Å². The van der Waals surface area contributed by atoms with Crippen molar-refractivity contribution in [2.24, 2.45) is 5.41 Å². The molecule has 2 unspecified atom stereocenters. The predicted molar refractivity (Wildman–Crippen MR) is 289 cm³/mol. The second-order valence-electron chi connectivity index (χ2n) is 18.8. The van der Waals surface area contributed by atoms with Gasteiger partial charge in [-0.25, -0.2) is 0 Å². The fourth-order valence-electron chi connectivity index (χ4n) is 11.8. The molecule has 0 heterocycles. The molecule has 11 rings (SSSR count). The Morgan fingerprint density at radius 1 is 0.290 bits per heavy atom.